The summed E-state index contributed by atoms with van der Waals surface area (Å²) >= 11 is 0. The molecule has 1 aromatic carbocycles. The van der Waals surface area contributed by atoms with Gasteiger partial charge in [-0.1, -0.05) is 6.07 Å². The Kier molecular flexibility index (Phi) is 5.03. The highest BCUT2D eigenvalue weighted by Crippen LogP contribution is 2.24. The third kappa shape index (κ3) is 4.03. The van der Waals surface area contributed by atoms with Gasteiger partial charge in [0.25, 0.3) is 0 Å². The molecule has 1 heterocycles. The van der Waals surface area contributed by atoms with E-state index >= 15 is 0 Å². The van der Waals surface area contributed by atoms with E-state index < -0.39 is 15.6 Å². The van der Waals surface area contributed by atoms with E-state index in [9.17, 15) is 8.42 Å². The van der Waals surface area contributed by atoms with Gasteiger partial charge in [-0.05, 0) is 57.0 Å². The van der Waals surface area contributed by atoms with E-state index in [1.165, 1.54) is 0 Å². The number of hydrogen-bond donors (Lipinski definition) is 2. The van der Waals surface area contributed by atoms with Crippen LogP contribution in [0.1, 0.15) is 30.9 Å². The minimum Gasteiger partial charge on any atom is -0.381 e. The SMILES string of the molecule is CNCc1cc(S(=O)(=O)NC2(C)CCOCC2)ccc1C. The van der Waals surface area contributed by atoms with Gasteiger partial charge in [-0.25, -0.2) is 13.1 Å². The number of rotatable bonds is 5. The Balaban J connectivity index is 2.24. The Morgan fingerprint density at radius 1 is 1.29 bits per heavy atom. The van der Waals surface area contributed by atoms with Crippen molar-refractivity contribution in [1.82, 2.24) is 10.0 Å². The summed E-state index contributed by atoms with van der Waals surface area (Å²) in [7, 11) is -1.66. The molecule has 5 nitrogen and oxygen atoms in total. The van der Waals surface area contributed by atoms with Crippen molar-refractivity contribution in [2.75, 3.05) is 20.3 Å². The van der Waals surface area contributed by atoms with Crippen molar-refractivity contribution in [1.29, 1.82) is 0 Å². The third-order valence-corrected chi connectivity index (χ3v) is 5.61. The van der Waals surface area contributed by atoms with Crippen LogP contribution in [0.4, 0.5) is 0 Å². The molecule has 2 N–H and O–H groups in total. The minimum absolute atomic E-state index is 0.325. The normalized spacial score (nSPS) is 18.6. The molecule has 2 rings (SSSR count). The largest absolute Gasteiger partial charge is 0.381 e. The number of nitrogens with one attached hydrogen (secondary N) is 2. The molecule has 0 spiro atoms. The van der Waals surface area contributed by atoms with Crippen LogP contribution in [0.2, 0.25) is 0 Å². The smallest absolute Gasteiger partial charge is 0.241 e. The number of benzene rings is 1. The summed E-state index contributed by atoms with van der Waals surface area (Å²) in [5, 5.41) is 3.06. The van der Waals surface area contributed by atoms with E-state index in [1.807, 2.05) is 27.0 Å². The van der Waals surface area contributed by atoms with E-state index in [-0.39, 0.29) is 0 Å². The molecule has 0 unspecified atom stereocenters. The van der Waals surface area contributed by atoms with E-state index in [4.69, 9.17) is 4.74 Å². The summed E-state index contributed by atoms with van der Waals surface area (Å²) in [6, 6.07) is 5.27. The highest BCUT2D eigenvalue weighted by molar-refractivity contribution is 7.89. The highest BCUT2D eigenvalue weighted by Gasteiger charge is 2.32. The zero-order valence-corrected chi connectivity index (χ0v) is 13.7. The summed E-state index contributed by atoms with van der Waals surface area (Å²) in [4.78, 5) is 0.325. The van der Waals surface area contributed by atoms with Gasteiger partial charge in [0.05, 0.1) is 4.90 Å². The van der Waals surface area contributed by atoms with Gasteiger partial charge in [-0.3, -0.25) is 0 Å². The summed E-state index contributed by atoms with van der Waals surface area (Å²) in [5.74, 6) is 0. The molecule has 1 fully saturated rings. The van der Waals surface area contributed by atoms with Gasteiger partial charge in [0.1, 0.15) is 0 Å². The van der Waals surface area contributed by atoms with Crippen molar-refractivity contribution < 1.29 is 13.2 Å². The summed E-state index contributed by atoms with van der Waals surface area (Å²) in [6.45, 7) is 5.77. The molecule has 1 aromatic rings. The second-order valence-corrected chi connectivity index (χ2v) is 7.58. The van der Waals surface area contributed by atoms with Crippen LogP contribution >= 0.6 is 0 Å². The maximum Gasteiger partial charge on any atom is 0.241 e. The average molecular weight is 312 g/mol. The first-order chi connectivity index (χ1) is 9.86. The lowest BCUT2D eigenvalue weighted by Crippen LogP contribution is -2.49. The van der Waals surface area contributed by atoms with Crippen molar-refractivity contribution in [3.63, 3.8) is 0 Å². The number of aryl methyl sites for hydroxylation is 1. The van der Waals surface area contributed by atoms with Gasteiger partial charge < -0.3 is 10.1 Å². The second kappa shape index (κ2) is 6.44. The fourth-order valence-electron chi connectivity index (χ4n) is 2.50. The molecule has 0 bridgehead atoms. The molecule has 0 radical (unpaired) electrons. The zero-order valence-electron chi connectivity index (χ0n) is 12.9. The lowest BCUT2D eigenvalue weighted by molar-refractivity contribution is 0.0537. The van der Waals surface area contributed by atoms with Gasteiger partial charge in [0.15, 0.2) is 0 Å². The highest BCUT2D eigenvalue weighted by atomic mass is 32.2. The Labute approximate surface area is 127 Å². The lowest BCUT2D eigenvalue weighted by Gasteiger charge is -2.34. The Morgan fingerprint density at radius 2 is 1.95 bits per heavy atom. The summed E-state index contributed by atoms with van der Waals surface area (Å²) < 4.78 is 33.4. The molecule has 21 heavy (non-hydrogen) atoms. The lowest BCUT2D eigenvalue weighted by atomic mass is 9.94. The van der Waals surface area contributed by atoms with Crippen LogP contribution in [0.25, 0.3) is 0 Å². The Bertz CT molecular complexity index is 593. The zero-order chi connectivity index (χ0) is 15.5. The van der Waals surface area contributed by atoms with Crippen LogP contribution in [-0.4, -0.2) is 34.2 Å². The fourth-order valence-corrected chi connectivity index (χ4v) is 4.02. The monoisotopic (exact) mass is 312 g/mol. The maximum absolute atomic E-state index is 12.6. The quantitative estimate of drug-likeness (QED) is 0.866. The van der Waals surface area contributed by atoms with Crippen molar-refractivity contribution >= 4 is 10.0 Å². The molecule has 1 aliphatic rings. The van der Waals surface area contributed by atoms with Gasteiger partial charge in [-0.15, -0.1) is 0 Å². The number of sulfonamides is 1. The molecule has 0 aliphatic carbocycles. The van der Waals surface area contributed by atoms with Crippen molar-refractivity contribution in [3.05, 3.63) is 29.3 Å². The molecule has 1 aliphatic heterocycles. The number of ether oxygens (including phenoxy) is 1. The Morgan fingerprint density at radius 3 is 2.57 bits per heavy atom. The van der Waals surface area contributed by atoms with E-state index in [0.29, 0.717) is 37.5 Å². The first-order valence-electron chi connectivity index (χ1n) is 7.22. The predicted molar refractivity (Wildman–Crippen MR) is 82.7 cm³/mol. The molecule has 0 saturated carbocycles. The molecule has 0 aromatic heterocycles. The molecule has 1 saturated heterocycles. The summed E-state index contributed by atoms with van der Waals surface area (Å²) in [6.07, 6.45) is 1.39. The molecule has 0 amide bonds. The van der Waals surface area contributed by atoms with Gasteiger partial charge in [-0.2, -0.15) is 0 Å². The third-order valence-electron chi connectivity index (χ3n) is 3.98. The molecular weight excluding hydrogens is 288 g/mol. The van der Waals surface area contributed by atoms with Crippen molar-refractivity contribution in [3.8, 4) is 0 Å². The second-order valence-electron chi connectivity index (χ2n) is 5.90. The van der Waals surface area contributed by atoms with Crippen LogP contribution in [0, 0.1) is 6.92 Å². The van der Waals surface area contributed by atoms with Crippen molar-refractivity contribution in [2.45, 2.75) is 43.7 Å². The van der Waals surface area contributed by atoms with Crippen LogP contribution in [0.15, 0.2) is 23.1 Å². The molecule has 6 heteroatoms. The maximum atomic E-state index is 12.6. The predicted octanol–water partition coefficient (Wildman–Crippen LogP) is 1.56. The summed E-state index contributed by atoms with van der Waals surface area (Å²) in [5.41, 5.74) is 1.66. The standard InChI is InChI=1S/C15H24N2O3S/c1-12-4-5-14(10-13(12)11-16-3)21(18,19)17-15(2)6-8-20-9-7-15/h4-5,10,16-17H,6-9,11H2,1-3H3. The van der Waals surface area contributed by atoms with E-state index in [2.05, 4.69) is 10.0 Å². The molecule has 118 valence electrons. The first-order valence-corrected chi connectivity index (χ1v) is 8.70. The van der Waals surface area contributed by atoms with E-state index in [1.54, 1.807) is 12.1 Å². The van der Waals surface area contributed by atoms with Crippen LogP contribution in [0.3, 0.4) is 0 Å². The van der Waals surface area contributed by atoms with Crippen LogP contribution in [0.5, 0.6) is 0 Å². The topological polar surface area (TPSA) is 67.4 Å². The molecule has 0 atom stereocenters. The van der Waals surface area contributed by atoms with Crippen molar-refractivity contribution in [2.24, 2.45) is 0 Å². The van der Waals surface area contributed by atoms with Crippen LogP contribution in [-0.2, 0) is 21.3 Å². The minimum atomic E-state index is -3.51. The van der Waals surface area contributed by atoms with Gasteiger partial charge >= 0.3 is 0 Å². The average Bonchev–Trinajstić information content (AvgIpc) is 2.41. The first kappa shape index (κ1) is 16.4. The van der Waals surface area contributed by atoms with Crippen LogP contribution < -0.4 is 10.0 Å². The van der Waals surface area contributed by atoms with E-state index in [0.717, 1.165) is 11.1 Å². The fraction of sp³-hybridized carbons (Fsp3) is 0.600. The van der Waals surface area contributed by atoms with Gasteiger partial charge in [0, 0.05) is 25.3 Å². The molecular formula is C15H24N2O3S. The Hall–Kier alpha value is -0.950. The van der Waals surface area contributed by atoms with Gasteiger partial charge in [0.2, 0.25) is 10.0 Å². The number of hydrogen-bond acceptors (Lipinski definition) is 4.